The summed E-state index contributed by atoms with van der Waals surface area (Å²) in [5.74, 6) is -1.93. The Morgan fingerprint density at radius 3 is 2.00 bits per heavy atom. The van der Waals surface area contributed by atoms with Gasteiger partial charge in [0.1, 0.15) is 23.9 Å². The third-order valence-corrected chi connectivity index (χ3v) is 7.16. The van der Waals surface area contributed by atoms with Crippen molar-refractivity contribution in [2.75, 3.05) is 26.7 Å². The molecule has 0 spiro atoms. The lowest BCUT2D eigenvalue weighted by molar-refractivity contribution is -0.280. The van der Waals surface area contributed by atoms with E-state index in [0.717, 1.165) is 30.2 Å². The Morgan fingerprint density at radius 2 is 1.42 bits per heavy atom. The molecule has 0 amide bonds. The summed E-state index contributed by atoms with van der Waals surface area (Å²) in [6, 6.07) is 17.8. The van der Waals surface area contributed by atoms with Crippen molar-refractivity contribution >= 4 is 32.3 Å². The van der Waals surface area contributed by atoms with Crippen LogP contribution in [0.2, 0.25) is 0 Å². The van der Waals surface area contributed by atoms with Crippen LogP contribution < -0.4 is 22.6 Å². The quantitative estimate of drug-likeness (QED) is 0.0643. The lowest BCUT2D eigenvalue weighted by Gasteiger charge is -2.21. The molecule has 0 heterocycles. The summed E-state index contributed by atoms with van der Waals surface area (Å²) in [4.78, 5) is 3.33. The molecule has 0 aliphatic carbocycles. The maximum Gasteiger partial charge on any atom is 0.573 e. The Morgan fingerprint density at radius 1 is 0.750 bits per heavy atom. The minimum absolute atomic E-state index is 0.0255. The van der Waals surface area contributed by atoms with Gasteiger partial charge in [-0.3, -0.25) is 0 Å². The van der Waals surface area contributed by atoms with E-state index >= 15 is 0 Å². The fourth-order valence-corrected chi connectivity index (χ4v) is 5.29. The van der Waals surface area contributed by atoms with Crippen LogP contribution in [-0.2, 0) is 31.6 Å². The molecule has 0 aliphatic heterocycles. The third kappa shape index (κ3) is 9.51. The summed E-state index contributed by atoms with van der Waals surface area (Å²) in [6.07, 6.45) is -3.39. The van der Waals surface area contributed by atoms with E-state index in [1.54, 1.807) is 24.3 Å². The molecule has 0 saturated heterocycles. The molecular formula is C31H27F4NO10S2. The first kappa shape index (κ1) is 35.8. The maximum absolute atomic E-state index is 15.0. The van der Waals surface area contributed by atoms with Crippen molar-refractivity contribution in [3.05, 3.63) is 84.2 Å². The molecule has 0 saturated carbocycles. The highest BCUT2D eigenvalue weighted by atomic mass is 32.2. The van der Waals surface area contributed by atoms with E-state index in [0.29, 0.717) is 0 Å². The van der Waals surface area contributed by atoms with Crippen LogP contribution in [0.3, 0.4) is 0 Å². The van der Waals surface area contributed by atoms with Crippen LogP contribution in [0.25, 0.3) is 22.3 Å². The normalized spacial score (nSPS) is 12.1. The fourth-order valence-electron chi connectivity index (χ4n) is 4.37. The Bertz CT molecular complexity index is 2040. The number of ether oxygens (including phenoxy) is 4. The van der Waals surface area contributed by atoms with Gasteiger partial charge in [0.05, 0.1) is 32.3 Å². The first-order chi connectivity index (χ1) is 22.5. The standard InChI is InChI=1S/C31H27F4NO10S2/c1-41-27-16-22(20-10-12-24(23(32)14-20)36-18-44-31(33,34)35)29(42-2)30(46-48(4,39)40)28(27)21-11-13-25(26(15-21)45-47(3,37)38)43-17-19-8-6-5-7-9-19/h5-16,18H,17H2,1-4H3. The molecule has 4 rings (SSSR count). The van der Waals surface area contributed by atoms with Gasteiger partial charge in [-0.15, -0.1) is 13.2 Å². The van der Waals surface area contributed by atoms with Gasteiger partial charge in [0.15, 0.2) is 29.4 Å². The van der Waals surface area contributed by atoms with Crippen LogP contribution in [0.1, 0.15) is 5.56 Å². The van der Waals surface area contributed by atoms with Crippen molar-refractivity contribution in [1.29, 1.82) is 0 Å². The number of hydrogen-bond donors (Lipinski definition) is 0. The van der Waals surface area contributed by atoms with Crippen LogP contribution in [0.15, 0.2) is 77.8 Å². The predicted molar refractivity (Wildman–Crippen MR) is 167 cm³/mol. The molecule has 0 radical (unpaired) electrons. The number of halogens is 4. The minimum atomic E-state index is -5.02. The molecule has 0 bridgehead atoms. The van der Waals surface area contributed by atoms with Crippen molar-refractivity contribution in [2.45, 2.75) is 13.0 Å². The summed E-state index contributed by atoms with van der Waals surface area (Å²) in [5, 5.41) is 0. The van der Waals surface area contributed by atoms with E-state index in [2.05, 4.69) is 9.73 Å². The zero-order chi connectivity index (χ0) is 35.3. The smallest absolute Gasteiger partial charge is 0.496 e. The molecule has 0 aliphatic rings. The average molecular weight is 714 g/mol. The molecule has 4 aromatic rings. The number of alkyl halides is 3. The Labute approximate surface area is 273 Å². The van der Waals surface area contributed by atoms with Gasteiger partial charge in [-0.25, -0.2) is 9.38 Å². The molecule has 48 heavy (non-hydrogen) atoms. The topological polar surface area (TPSA) is 136 Å². The number of methoxy groups -OCH3 is 2. The second-order valence-corrected chi connectivity index (χ2v) is 13.0. The first-order valence-electron chi connectivity index (χ1n) is 13.4. The summed E-state index contributed by atoms with van der Waals surface area (Å²) in [7, 11) is -5.92. The van der Waals surface area contributed by atoms with Crippen LogP contribution in [0, 0.1) is 5.82 Å². The third-order valence-electron chi connectivity index (χ3n) is 6.21. The molecule has 0 unspecified atom stereocenters. The van der Waals surface area contributed by atoms with Gasteiger partial charge in [-0.2, -0.15) is 16.8 Å². The van der Waals surface area contributed by atoms with Gasteiger partial charge >= 0.3 is 26.6 Å². The Kier molecular flexibility index (Phi) is 10.7. The summed E-state index contributed by atoms with van der Waals surface area (Å²) in [5.41, 5.74) is 0.515. The van der Waals surface area contributed by atoms with E-state index < -0.39 is 43.9 Å². The van der Waals surface area contributed by atoms with Gasteiger partial charge in [-0.05, 0) is 47.0 Å². The van der Waals surface area contributed by atoms with E-state index in [-0.39, 0.29) is 58.3 Å². The average Bonchev–Trinajstić information content (AvgIpc) is 2.99. The summed E-state index contributed by atoms with van der Waals surface area (Å²) < 4.78 is 132. The molecule has 11 nitrogen and oxygen atoms in total. The lowest BCUT2D eigenvalue weighted by Crippen LogP contribution is -2.11. The second kappa shape index (κ2) is 14.4. The SMILES string of the molecule is COc1cc(-c2ccc(N=COC(F)(F)F)c(F)c2)c(OC)c(OS(C)(=O)=O)c1-c1ccc(OCc2ccccc2)c(OS(C)(=O)=O)c1. The van der Waals surface area contributed by atoms with Crippen molar-refractivity contribution in [3.63, 3.8) is 0 Å². The molecule has 4 aromatic carbocycles. The number of hydrogen-bond acceptors (Lipinski definition) is 11. The monoisotopic (exact) mass is 713 g/mol. The molecule has 0 atom stereocenters. The van der Waals surface area contributed by atoms with E-state index in [9.17, 15) is 34.4 Å². The largest absolute Gasteiger partial charge is 0.573 e. The highest BCUT2D eigenvalue weighted by Gasteiger charge is 2.30. The van der Waals surface area contributed by atoms with Crippen LogP contribution >= 0.6 is 0 Å². The fraction of sp³-hybridized carbons (Fsp3) is 0.194. The van der Waals surface area contributed by atoms with Crippen molar-refractivity contribution in [3.8, 4) is 51.0 Å². The molecule has 0 aromatic heterocycles. The summed E-state index contributed by atoms with van der Waals surface area (Å²) >= 11 is 0. The number of benzene rings is 4. The van der Waals surface area contributed by atoms with E-state index in [4.69, 9.17) is 22.6 Å². The van der Waals surface area contributed by atoms with Gasteiger partial charge in [0.25, 0.3) is 0 Å². The summed E-state index contributed by atoms with van der Waals surface area (Å²) in [6.45, 7) is 0.0601. The first-order valence-corrected chi connectivity index (χ1v) is 17.1. The van der Waals surface area contributed by atoms with Gasteiger partial charge in [0, 0.05) is 5.56 Å². The molecular weight excluding hydrogens is 686 g/mol. The predicted octanol–water partition coefficient (Wildman–Crippen LogP) is 6.63. The minimum Gasteiger partial charge on any atom is -0.496 e. The van der Waals surface area contributed by atoms with Gasteiger partial charge in [0.2, 0.25) is 0 Å². The highest BCUT2D eigenvalue weighted by Crippen LogP contribution is 2.52. The van der Waals surface area contributed by atoms with Crippen molar-refractivity contribution in [1.82, 2.24) is 0 Å². The lowest BCUT2D eigenvalue weighted by atomic mass is 9.96. The molecule has 0 fully saturated rings. The zero-order valence-corrected chi connectivity index (χ0v) is 27.2. The molecule has 0 N–H and O–H groups in total. The van der Waals surface area contributed by atoms with Crippen molar-refractivity contribution < 1.29 is 61.7 Å². The number of rotatable bonds is 13. The Hall–Kier alpha value is -5.03. The van der Waals surface area contributed by atoms with Crippen LogP contribution in [0.4, 0.5) is 23.2 Å². The van der Waals surface area contributed by atoms with Crippen LogP contribution in [-0.4, -0.2) is 56.3 Å². The number of aliphatic imine (C=N–C) groups is 1. The number of nitrogens with zero attached hydrogens (tertiary/aromatic N) is 1. The second-order valence-electron chi connectivity index (χ2n) is 9.84. The Balaban J connectivity index is 1.89. The van der Waals surface area contributed by atoms with Crippen LogP contribution in [0.5, 0.6) is 28.7 Å². The molecule has 256 valence electrons. The molecule has 17 heteroatoms. The van der Waals surface area contributed by atoms with Gasteiger partial charge in [-0.1, -0.05) is 42.5 Å². The van der Waals surface area contributed by atoms with E-state index in [1.165, 1.54) is 44.6 Å². The van der Waals surface area contributed by atoms with Crippen molar-refractivity contribution in [2.24, 2.45) is 4.99 Å². The van der Waals surface area contributed by atoms with E-state index in [1.807, 2.05) is 6.07 Å². The zero-order valence-electron chi connectivity index (χ0n) is 25.6. The van der Waals surface area contributed by atoms with Gasteiger partial charge < -0.3 is 27.3 Å². The maximum atomic E-state index is 15.0. The highest BCUT2D eigenvalue weighted by molar-refractivity contribution is 7.86.